The summed E-state index contributed by atoms with van der Waals surface area (Å²) in [5.41, 5.74) is 0. The number of ether oxygens (including phenoxy) is 1. The van der Waals surface area contributed by atoms with Crippen molar-refractivity contribution in [3.05, 3.63) is 0 Å². The van der Waals surface area contributed by atoms with Crippen LogP contribution in [0.1, 0.15) is 33.6 Å². The molecule has 1 N–H and O–H groups in total. The van der Waals surface area contributed by atoms with Gasteiger partial charge in [0.15, 0.2) is 0 Å². The van der Waals surface area contributed by atoms with Gasteiger partial charge in [0, 0.05) is 5.92 Å². The van der Waals surface area contributed by atoms with Crippen LogP contribution in [-0.2, 0) is 9.53 Å². The molecule has 1 fully saturated rings. The Bertz CT molecular complexity index is 191. The van der Waals surface area contributed by atoms with Gasteiger partial charge in [0.2, 0.25) is 0 Å². The van der Waals surface area contributed by atoms with E-state index in [1.807, 2.05) is 20.8 Å². The topological polar surface area (TPSA) is 46.5 Å². The lowest BCUT2D eigenvalue weighted by Crippen LogP contribution is -2.47. The number of esters is 1. The molecule has 0 bridgehead atoms. The molecule has 0 aromatic heterocycles. The zero-order chi connectivity index (χ0) is 10.0. The predicted molar refractivity (Wildman–Crippen MR) is 49.1 cm³/mol. The van der Waals surface area contributed by atoms with Gasteiger partial charge in [-0.25, -0.2) is 0 Å². The number of rotatable bonds is 2. The summed E-state index contributed by atoms with van der Waals surface area (Å²) < 4.78 is 5.22. The molecular weight excluding hydrogens is 168 g/mol. The first-order valence-corrected chi connectivity index (χ1v) is 5.00. The Morgan fingerprint density at radius 2 is 2.00 bits per heavy atom. The van der Waals surface area contributed by atoms with Crippen molar-refractivity contribution >= 4 is 5.97 Å². The number of hydrogen-bond acceptors (Lipinski definition) is 3. The third-order valence-corrected chi connectivity index (χ3v) is 2.95. The summed E-state index contributed by atoms with van der Waals surface area (Å²) in [5, 5.41) is 9.81. The Morgan fingerprint density at radius 1 is 1.38 bits per heavy atom. The smallest absolute Gasteiger partial charge is 0.311 e. The minimum Gasteiger partial charge on any atom is -0.462 e. The van der Waals surface area contributed by atoms with Gasteiger partial charge >= 0.3 is 5.97 Å². The zero-order valence-electron chi connectivity index (χ0n) is 8.49. The summed E-state index contributed by atoms with van der Waals surface area (Å²) in [4.78, 5) is 11.4. The summed E-state index contributed by atoms with van der Waals surface area (Å²) in [6, 6.07) is 0. The molecule has 76 valence electrons. The van der Waals surface area contributed by atoms with Gasteiger partial charge in [0.25, 0.3) is 0 Å². The van der Waals surface area contributed by atoms with Crippen LogP contribution in [-0.4, -0.2) is 23.3 Å². The Hall–Kier alpha value is -0.570. The average molecular weight is 186 g/mol. The average Bonchev–Trinajstić information content (AvgIpc) is 2.12. The SMILES string of the molecule is CC[C@H]1OC(=O)[C@H](CC)[C@@H](O)[C@H]1C. The van der Waals surface area contributed by atoms with Crippen molar-refractivity contribution in [2.24, 2.45) is 11.8 Å². The molecule has 0 aromatic rings. The molecule has 0 spiro atoms. The van der Waals surface area contributed by atoms with Crippen LogP contribution >= 0.6 is 0 Å². The molecule has 0 aromatic carbocycles. The van der Waals surface area contributed by atoms with E-state index in [1.54, 1.807) is 0 Å². The first-order valence-electron chi connectivity index (χ1n) is 5.00. The summed E-state index contributed by atoms with van der Waals surface area (Å²) in [7, 11) is 0. The van der Waals surface area contributed by atoms with Crippen molar-refractivity contribution in [1.82, 2.24) is 0 Å². The van der Waals surface area contributed by atoms with Crippen molar-refractivity contribution in [3.63, 3.8) is 0 Å². The second-order valence-electron chi connectivity index (χ2n) is 3.75. The summed E-state index contributed by atoms with van der Waals surface area (Å²) >= 11 is 0. The van der Waals surface area contributed by atoms with E-state index in [0.29, 0.717) is 6.42 Å². The normalized spacial score (nSPS) is 40.2. The van der Waals surface area contributed by atoms with Crippen molar-refractivity contribution < 1.29 is 14.6 Å². The van der Waals surface area contributed by atoms with Crippen LogP contribution in [0.4, 0.5) is 0 Å². The molecule has 1 saturated heterocycles. The highest BCUT2D eigenvalue weighted by Crippen LogP contribution is 2.29. The van der Waals surface area contributed by atoms with E-state index in [-0.39, 0.29) is 23.9 Å². The molecule has 0 saturated carbocycles. The standard InChI is InChI=1S/C10H18O3/c1-4-7-9(11)6(3)8(5-2)13-10(7)12/h6-9,11H,4-5H2,1-3H3/t6-,7+,8+,9-/m0/s1. The molecule has 13 heavy (non-hydrogen) atoms. The Morgan fingerprint density at radius 3 is 2.46 bits per heavy atom. The molecular formula is C10H18O3. The van der Waals surface area contributed by atoms with Gasteiger partial charge in [0.05, 0.1) is 12.0 Å². The van der Waals surface area contributed by atoms with Gasteiger partial charge in [0.1, 0.15) is 6.10 Å². The first-order chi connectivity index (χ1) is 6.11. The van der Waals surface area contributed by atoms with Crippen LogP contribution in [0.5, 0.6) is 0 Å². The molecule has 3 nitrogen and oxygen atoms in total. The third kappa shape index (κ3) is 1.85. The van der Waals surface area contributed by atoms with E-state index in [2.05, 4.69) is 0 Å². The van der Waals surface area contributed by atoms with Crippen LogP contribution in [0.25, 0.3) is 0 Å². The van der Waals surface area contributed by atoms with Crippen LogP contribution < -0.4 is 0 Å². The van der Waals surface area contributed by atoms with E-state index in [1.165, 1.54) is 0 Å². The number of aliphatic hydroxyl groups excluding tert-OH is 1. The van der Waals surface area contributed by atoms with Crippen LogP contribution in [0.3, 0.4) is 0 Å². The fourth-order valence-electron chi connectivity index (χ4n) is 1.93. The largest absolute Gasteiger partial charge is 0.462 e. The lowest BCUT2D eigenvalue weighted by Gasteiger charge is -2.36. The van der Waals surface area contributed by atoms with Crippen molar-refractivity contribution in [1.29, 1.82) is 0 Å². The Labute approximate surface area is 79.1 Å². The number of cyclic esters (lactones) is 1. The van der Waals surface area contributed by atoms with E-state index in [0.717, 1.165) is 6.42 Å². The summed E-state index contributed by atoms with van der Waals surface area (Å²) in [5.74, 6) is -0.495. The monoisotopic (exact) mass is 186 g/mol. The predicted octanol–water partition coefficient (Wildman–Crippen LogP) is 1.34. The molecule has 1 aliphatic rings. The minimum atomic E-state index is -0.531. The molecule has 1 rings (SSSR count). The van der Waals surface area contributed by atoms with Gasteiger partial charge in [-0.2, -0.15) is 0 Å². The number of aliphatic hydroxyl groups is 1. The molecule has 1 heterocycles. The third-order valence-electron chi connectivity index (χ3n) is 2.95. The molecule has 1 aliphatic heterocycles. The highest BCUT2D eigenvalue weighted by Gasteiger charge is 2.40. The molecule has 0 radical (unpaired) electrons. The highest BCUT2D eigenvalue weighted by atomic mass is 16.5. The molecule has 3 heteroatoms. The lowest BCUT2D eigenvalue weighted by atomic mass is 9.83. The Balaban J connectivity index is 2.72. The fourth-order valence-corrected chi connectivity index (χ4v) is 1.93. The molecule has 0 unspecified atom stereocenters. The van der Waals surface area contributed by atoms with Gasteiger partial charge in [-0.05, 0) is 12.8 Å². The molecule has 0 amide bonds. The van der Waals surface area contributed by atoms with Crippen molar-refractivity contribution in [3.8, 4) is 0 Å². The summed E-state index contributed by atoms with van der Waals surface area (Å²) in [6.07, 6.45) is 0.794. The quantitative estimate of drug-likeness (QED) is 0.662. The van der Waals surface area contributed by atoms with E-state index in [4.69, 9.17) is 4.74 Å². The van der Waals surface area contributed by atoms with Crippen molar-refractivity contribution in [2.75, 3.05) is 0 Å². The maximum atomic E-state index is 11.4. The number of carbonyl (C=O) groups excluding carboxylic acids is 1. The number of hydrogen-bond donors (Lipinski definition) is 1. The molecule has 0 aliphatic carbocycles. The highest BCUT2D eigenvalue weighted by molar-refractivity contribution is 5.74. The number of carbonyl (C=O) groups is 1. The first kappa shape index (κ1) is 10.5. The lowest BCUT2D eigenvalue weighted by molar-refractivity contribution is -0.179. The van der Waals surface area contributed by atoms with E-state index < -0.39 is 6.10 Å². The van der Waals surface area contributed by atoms with Gasteiger partial charge < -0.3 is 9.84 Å². The minimum absolute atomic E-state index is 0.0626. The van der Waals surface area contributed by atoms with E-state index in [9.17, 15) is 9.90 Å². The summed E-state index contributed by atoms with van der Waals surface area (Å²) in [6.45, 7) is 5.80. The van der Waals surface area contributed by atoms with Crippen LogP contribution in [0.2, 0.25) is 0 Å². The zero-order valence-corrected chi connectivity index (χ0v) is 8.49. The maximum absolute atomic E-state index is 11.4. The fraction of sp³-hybridized carbons (Fsp3) is 0.900. The van der Waals surface area contributed by atoms with Crippen LogP contribution in [0.15, 0.2) is 0 Å². The van der Waals surface area contributed by atoms with E-state index >= 15 is 0 Å². The van der Waals surface area contributed by atoms with Crippen LogP contribution in [0, 0.1) is 11.8 Å². The van der Waals surface area contributed by atoms with Gasteiger partial charge in [-0.3, -0.25) is 4.79 Å². The second kappa shape index (κ2) is 4.09. The maximum Gasteiger partial charge on any atom is 0.311 e. The Kier molecular flexibility index (Phi) is 3.31. The molecule has 4 atom stereocenters. The van der Waals surface area contributed by atoms with Gasteiger partial charge in [-0.15, -0.1) is 0 Å². The second-order valence-corrected chi connectivity index (χ2v) is 3.75. The van der Waals surface area contributed by atoms with Crippen molar-refractivity contribution in [2.45, 2.75) is 45.8 Å². The van der Waals surface area contributed by atoms with Gasteiger partial charge in [-0.1, -0.05) is 20.8 Å².